The molecule has 1 heterocycles. The van der Waals surface area contributed by atoms with Crippen molar-refractivity contribution in [3.63, 3.8) is 0 Å². The van der Waals surface area contributed by atoms with Crippen LogP contribution in [0, 0.1) is 47.8 Å². The lowest BCUT2D eigenvalue weighted by molar-refractivity contribution is -0.150. The van der Waals surface area contributed by atoms with Gasteiger partial charge in [0, 0.05) is 5.57 Å². The van der Waals surface area contributed by atoms with Crippen LogP contribution in [0.5, 0.6) is 0 Å². The topological polar surface area (TPSA) is 89.9 Å². The fraction of sp³-hybridized carbons (Fsp3) is 0.474. The van der Waals surface area contributed by atoms with Gasteiger partial charge >= 0.3 is 11.7 Å². The maximum absolute atomic E-state index is 12.4. The standard InChI is InChI=1S/C19H22N4O3/c1-6-8-14(11-20)10-15-16(19(15,4)5)17(24)26-12-23-18(25)22(9-7-2)13(3)21-23/h2,6,8,10,15-16H,9,12H2,1,3-5H3/b8-6+,14-10+. The third kappa shape index (κ3) is 3.62. The molecule has 26 heavy (non-hydrogen) atoms. The molecule has 0 spiro atoms. The molecule has 2 atom stereocenters. The smallest absolute Gasteiger partial charge is 0.349 e. The molecule has 0 aliphatic heterocycles. The number of hydrogen-bond donors (Lipinski definition) is 0. The molecule has 0 radical (unpaired) electrons. The van der Waals surface area contributed by atoms with E-state index in [0.717, 1.165) is 4.68 Å². The molecule has 0 bridgehead atoms. The lowest BCUT2D eigenvalue weighted by Gasteiger charge is -2.04. The number of terminal acetylenes is 1. The van der Waals surface area contributed by atoms with Crippen molar-refractivity contribution in [1.29, 1.82) is 5.26 Å². The van der Waals surface area contributed by atoms with Gasteiger partial charge in [0.2, 0.25) is 0 Å². The number of ether oxygens (including phenoxy) is 1. The van der Waals surface area contributed by atoms with Crippen LogP contribution >= 0.6 is 0 Å². The van der Waals surface area contributed by atoms with Crippen LogP contribution in [0.15, 0.2) is 28.6 Å². The summed E-state index contributed by atoms with van der Waals surface area (Å²) in [6, 6.07) is 2.11. The van der Waals surface area contributed by atoms with Gasteiger partial charge in [-0.25, -0.2) is 4.79 Å². The van der Waals surface area contributed by atoms with Gasteiger partial charge in [0.15, 0.2) is 6.73 Å². The van der Waals surface area contributed by atoms with Crippen LogP contribution in [0.25, 0.3) is 0 Å². The number of rotatable bonds is 6. The minimum atomic E-state index is -0.417. The molecule has 136 valence electrons. The lowest BCUT2D eigenvalue weighted by Crippen LogP contribution is -2.27. The third-order valence-corrected chi connectivity index (χ3v) is 4.69. The number of aryl methyl sites for hydroxylation is 1. The minimum Gasteiger partial charge on any atom is -0.442 e. The molecular formula is C19H22N4O3. The van der Waals surface area contributed by atoms with Crippen molar-refractivity contribution >= 4 is 5.97 Å². The molecule has 7 heteroatoms. The van der Waals surface area contributed by atoms with Crippen molar-refractivity contribution in [3.05, 3.63) is 40.1 Å². The largest absolute Gasteiger partial charge is 0.442 e. The third-order valence-electron chi connectivity index (χ3n) is 4.69. The molecule has 0 N–H and O–H groups in total. The molecule has 1 aliphatic rings. The number of aromatic nitrogens is 3. The van der Waals surface area contributed by atoms with Gasteiger partial charge in [-0.15, -0.1) is 6.42 Å². The Morgan fingerprint density at radius 3 is 2.77 bits per heavy atom. The molecule has 7 nitrogen and oxygen atoms in total. The normalized spacial score (nSPS) is 21.2. The van der Waals surface area contributed by atoms with Gasteiger partial charge in [-0.1, -0.05) is 31.9 Å². The van der Waals surface area contributed by atoms with Gasteiger partial charge in [-0.05, 0) is 31.3 Å². The number of esters is 1. The van der Waals surface area contributed by atoms with E-state index in [1.54, 1.807) is 25.2 Å². The summed E-state index contributed by atoms with van der Waals surface area (Å²) in [5.74, 6) is 1.99. The van der Waals surface area contributed by atoms with E-state index < -0.39 is 11.7 Å². The Hall–Kier alpha value is -3.06. The van der Waals surface area contributed by atoms with E-state index in [2.05, 4.69) is 17.1 Å². The maximum Gasteiger partial charge on any atom is 0.349 e. The second-order valence-corrected chi connectivity index (χ2v) is 6.77. The summed E-state index contributed by atoms with van der Waals surface area (Å²) in [5.41, 5.74) is -0.204. The van der Waals surface area contributed by atoms with E-state index in [0.29, 0.717) is 11.4 Å². The zero-order valence-corrected chi connectivity index (χ0v) is 15.4. The van der Waals surface area contributed by atoms with Crippen LogP contribution in [0.1, 0.15) is 26.6 Å². The summed E-state index contributed by atoms with van der Waals surface area (Å²) in [4.78, 5) is 24.6. The van der Waals surface area contributed by atoms with Crippen LogP contribution < -0.4 is 5.69 Å². The highest BCUT2D eigenvalue weighted by Crippen LogP contribution is 2.59. The molecule has 1 aromatic heterocycles. The average molecular weight is 354 g/mol. The molecule has 1 aliphatic carbocycles. The summed E-state index contributed by atoms with van der Waals surface area (Å²) in [7, 11) is 0. The highest BCUT2D eigenvalue weighted by molar-refractivity contribution is 5.78. The van der Waals surface area contributed by atoms with Crippen molar-refractivity contribution in [2.45, 2.75) is 41.0 Å². The minimum absolute atomic E-state index is 0.0849. The number of nitriles is 1. The van der Waals surface area contributed by atoms with Gasteiger partial charge < -0.3 is 4.74 Å². The predicted molar refractivity (Wildman–Crippen MR) is 95.4 cm³/mol. The molecule has 1 aromatic rings. The van der Waals surface area contributed by atoms with E-state index >= 15 is 0 Å². The van der Waals surface area contributed by atoms with Gasteiger partial charge in [0.05, 0.1) is 18.5 Å². The zero-order valence-electron chi connectivity index (χ0n) is 15.4. The fourth-order valence-electron chi connectivity index (χ4n) is 3.06. The van der Waals surface area contributed by atoms with Crippen molar-refractivity contribution < 1.29 is 9.53 Å². The number of allylic oxidation sites excluding steroid dienone is 4. The lowest BCUT2D eigenvalue weighted by atomic mass is 10.1. The quantitative estimate of drug-likeness (QED) is 0.336. The van der Waals surface area contributed by atoms with Crippen molar-refractivity contribution in [2.75, 3.05) is 0 Å². The molecule has 2 rings (SSSR count). The highest BCUT2D eigenvalue weighted by atomic mass is 16.5. The molecule has 2 unspecified atom stereocenters. The van der Waals surface area contributed by atoms with E-state index in [1.807, 2.05) is 20.8 Å². The first-order chi connectivity index (χ1) is 12.3. The average Bonchev–Trinajstić information content (AvgIpc) is 3.03. The summed E-state index contributed by atoms with van der Waals surface area (Å²) >= 11 is 0. The fourth-order valence-corrected chi connectivity index (χ4v) is 3.06. The summed E-state index contributed by atoms with van der Waals surface area (Å²) in [5, 5.41) is 13.2. The Kier molecular flexibility index (Phi) is 5.52. The van der Waals surface area contributed by atoms with E-state index in [1.165, 1.54) is 4.57 Å². The molecule has 1 fully saturated rings. The Labute approximate surface area is 152 Å². The van der Waals surface area contributed by atoms with Crippen LogP contribution in [0.3, 0.4) is 0 Å². The van der Waals surface area contributed by atoms with Gasteiger partial charge in [-0.2, -0.15) is 15.0 Å². The Morgan fingerprint density at radius 1 is 1.50 bits per heavy atom. The van der Waals surface area contributed by atoms with Crippen LogP contribution in [0.2, 0.25) is 0 Å². The second kappa shape index (κ2) is 7.45. The summed E-state index contributed by atoms with van der Waals surface area (Å²) in [6.45, 7) is 7.23. The van der Waals surface area contributed by atoms with Crippen molar-refractivity contribution in [1.82, 2.24) is 14.3 Å². The molecular weight excluding hydrogens is 332 g/mol. The zero-order chi connectivity index (χ0) is 19.5. The number of nitrogens with zero attached hydrogens (tertiary/aromatic N) is 4. The Balaban J connectivity index is 2.08. The predicted octanol–water partition coefficient (Wildman–Crippen LogP) is 1.79. The first-order valence-corrected chi connectivity index (χ1v) is 8.26. The monoisotopic (exact) mass is 354 g/mol. The maximum atomic E-state index is 12.4. The number of hydrogen-bond acceptors (Lipinski definition) is 5. The van der Waals surface area contributed by atoms with Gasteiger partial charge in [-0.3, -0.25) is 9.36 Å². The van der Waals surface area contributed by atoms with E-state index in [9.17, 15) is 9.59 Å². The first-order valence-electron chi connectivity index (χ1n) is 8.26. The van der Waals surface area contributed by atoms with E-state index in [-0.39, 0.29) is 30.5 Å². The Morgan fingerprint density at radius 2 is 2.19 bits per heavy atom. The molecule has 0 saturated heterocycles. The highest BCUT2D eigenvalue weighted by Gasteiger charge is 2.61. The van der Waals surface area contributed by atoms with Gasteiger partial charge in [0.1, 0.15) is 5.82 Å². The van der Waals surface area contributed by atoms with Crippen LogP contribution in [-0.2, 0) is 22.8 Å². The SMILES string of the molecule is C#CCn1c(C)nn(COC(=O)C2C(/C=C(C#N)\C=C\C)C2(C)C)c1=O. The molecule has 0 aromatic carbocycles. The molecule has 0 amide bonds. The van der Waals surface area contributed by atoms with Gasteiger partial charge in [0.25, 0.3) is 0 Å². The summed E-state index contributed by atoms with van der Waals surface area (Å²) in [6.07, 6.45) is 10.5. The summed E-state index contributed by atoms with van der Waals surface area (Å²) < 4.78 is 7.69. The van der Waals surface area contributed by atoms with Crippen LogP contribution in [-0.4, -0.2) is 20.3 Å². The van der Waals surface area contributed by atoms with Crippen LogP contribution in [0.4, 0.5) is 0 Å². The number of carbonyl (C=O) groups excluding carboxylic acids is 1. The van der Waals surface area contributed by atoms with E-state index in [4.69, 9.17) is 16.4 Å². The second-order valence-electron chi connectivity index (χ2n) is 6.77. The Bertz CT molecular complexity index is 903. The molecule has 1 saturated carbocycles. The van der Waals surface area contributed by atoms with Crippen molar-refractivity contribution in [2.24, 2.45) is 17.3 Å². The first kappa shape index (κ1) is 19.3. The van der Waals surface area contributed by atoms with Crippen molar-refractivity contribution in [3.8, 4) is 18.4 Å². The number of carbonyl (C=O) groups is 1.